The van der Waals surface area contributed by atoms with E-state index in [9.17, 15) is 0 Å². The zero-order valence-electron chi connectivity index (χ0n) is 33.3. The van der Waals surface area contributed by atoms with Crippen LogP contribution in [-0.4, -0.2) is 53.4 Å². The lowest BCUT2D eigenvalue weighted by molar-refractivity contribution is 0.590. The summed E-state index contributed by atoms with van der Waals surface area (Å²) in [6, 6.07) is 33.8. The van der Waals surface area contributed by atoms with Gasteiger partial charge in [0.1, 0.15) is 0 Å². The van der Waals surface area contributed by atoms with Gasteiger partial charge in [-0.3, -0.25) is 0 Å². The van der Waals surface area contributed by atoms with Crippen molar-refractivity contribution < 1.29 is 0 Å². The molecule has 304 valence electrons. The minimum atomic E-state index is 0.111. The summed E-state index contributed by atoms with van der Waals surface area (Å²) in [6.07, 6.45) is 10.3. The maximum Gasteiger partial charge on any atom is 0.0263 e. The highest BCUT2D eigenvalue weighted by Gasteiger charge is 2.12. The highest BCUT2D eigenvalue weighted by molar-refractivity contribution is 9.11. The van der Waals surface area contributed by atoms with Gasteiger partial charge in [0.05, 0.1) is 0 Å². The van der Waals surface area contributed by atoms with Crippen molar-refractivity contribution in [1.82, 2.24) is 10.6 Å². The molecule has 0 aliphatic heterocycles. The van der Waals surface area contributed by atoms with Gasteiger partial charge < -0.3 is 33.6 Å². The van der Waals surface area contributed by atoms with Crippen molar-refractivity contribution in [2.45, 2.75) is 17.8 Å². The van der Waals surface area contributed by atoms with Crippen LogP contribution in [0.3, 0.4) is 0 Å². The third kappa shape index (κ3) is 17.3. The van der Waals surface area contributed by atoms with Crippen molar-refractivity contribution in [3.63, 3.8) is 0 Å². The van der Waals surface area contributed by atoms with Gasteiger partial charge >= 0.3 is 0 Å². The van der Waals surface area contributed by atoms with Gasteiger partial charge in [0.2, 0.25) is 0 Å². The van der Waals surface area contributed by atoms with E-state index in [0.29, 0.717) is 32.1 Å². The van der Waals surface area contributed by atoms with Gasteiger partial charge in [-0.1, -0.05) is 111 Å². The van der Waals surface area contributed by atoms with Crippen LogP contribution in [0.1, 0.15) is 67.8 Å². The summed E-state index contributed by atoms with van der Waals surface area (Å²) in [5.74, 6) is 18.7. The summed E-state index contributed by atoms with van der Waals surface area (Å²) in [5, 5.41) is 6.44. The highest BCUT2D eigenvalue weighted by atomic mass is 79.9. The molecule has 0 saturated heterocycles. The summed E-state index contributed by atoms with van der Waals surface area (Å²) in [7, 11) is 3.96. The van der Waals surface area contributed by atoms with E-state index in [-0.39, 0.29) is 11.8 Å². The molecule has 0 spiro atoms. The molecule has 5 rings (SSSR count). The largest absolute Gasteiger partial charge is 0.330 e. The van der Waals surface area contributed by atoms with E-state index in [1.54, 1.807) is 6.07 Å². The number of nitrogens with two attached hydrogens (primary N) is 4. The number of terminal acetylenes is 2. The Balaban J connectivity index is 0.000000303. The lowest BCUT2D eigenvalue weighted by Crippen LogP contribution is -2.26. The van der Waals surface area contributed by atoms with Crippen molar-refractivity contribution in [3.8, 4) is 48.4 Å². The van der Waals surface area contributed by atoms with Crippen LogP contribution in [-0.2, 0) is 0 Å². The Morgan fingerprint density at radius 2 is 0.763 bits per heavy atom. The molecular formula is C49H50Br4N6. The lowest BCUT2D eigenvalue weighted by atomic mass is 9.97. The van der Waals surface area contributed by atoms with E-state index in [1.165, 1.54) is 5.56 Å². The molecule has 0 bridgehead atoms. The van der Waals surface area contributed by atoms with E-state index >= 15 is 0 Å². The van der Waals surface area contributed by atoms with Gasteiger partial charge in [-0.2, -0.15) is 0 Å². The van der Waals surface area contributed by atoms with Gasteiger partial charge in [0.15, 0.2) is 0 Å². The highest BCUT2D eigenvalue weighted by Crippen LogP contribution is 2.25. The fourth-order valence-corrected chi connectivity index (χ4v) is 8.20. The normalized spacial score (nSPS) is 10.2. The van der Waals surface area contributed by atoms with Crippen molar-refractivity contribution in [3.05, 3.63) is 171 Å². The average Bonchev–Trinajstić information content (AvgIpc) is 3.23. The summed E-state index contributed by atoms with van der Waals surface area (Å²) in [5.41, 5.74) is 32.2. The quantitative estimate of drug-likeness (QED) is 0.0739. The SMILES string of the molecule is C#Cc1cccc(C#C)c1.CNCC(CNC)c1cc(Br)cc(Br)c1.NCC(CN)c1cc(Br)cc(C#Cc2cccc(C#Cc3cc(Br)cc(C(CN)CN)c3)c2)c1. The van der Waals surface area contributed by atoms with Crippen LogP contribution in [0.2, 0.25) is 0 Å². The molecule has 10 heteroatoms. The molecule has 6 nitrogen and oxygen atoms in total. The van der Waals surface area contributed by atoms with Gasteiger partial charge in [0, 0.05) is 108 Å². The molecule has 0 unspecified atom stereocenters. The first-order chi connectivity index (χ1) is 28.5. The monoisotopic (exact) mass is 1040 g/mol. The number of halogens is 4. The van der Waals surface area contributed by atoms with Gasteiger partial charge in [-0.15, -0.1) is 12.8 Å². The number of nitrogens with one attached hydrogen (secondary N) is 2. The van der Waals surface area contributed by atoms with Gasteiger partial charge in [0.25, 0.3) is 0 Å². The fraction of sp³-hybridized carbons (Fsp3) is 0.224. The predicted molar refractivity (Wildman–Crippen MR) is 263 cm³/mol. The second-order valence-electron chi connectivity index (χ2n) is 13.3. The van der Waals surface area contributed by atoms with Crippen LogP contribution in [0.4, 0.5) is 0 Å². The summed E-state index contributed by atoms with van der Waals surface area (Å²) in [6.45, 7) is 3.95. The molecule has 0 aromatic heterocycles. The number of hydrogen-bond donors (Lipinski definition) is 6. The first-order valence-corrected chi connectivity index (χ1v) is 22.0. The maximum absolute atomic E-state index is 5.86. The standard InChI is InChI=1S/C28H28Br2N4.C11H16Br2N2.C10H6/c29-27-11-21(9-23(13-27)25(15-31)16-32)6-4-19-2-1-3-20(8-19)5-7-22-10-24(14-28(30)12-22)26(17-33)18-34;1-14-6-9(7-15-2)8-3-10(12)5-11(13)4-8;1-3-9-6-5-7-10(4-2)8-9/h1-3,8-14,25-26H,15-18,31-34H2;3-5,9,14-15H,6-7H2,1-2H3;1-2,5-8H. The van der Waals surface area contributed by atoms with Crippen LogP contribution in [0.25, 0.3) is 0 Å². The summed E-state index contributed by atoms with van der Waals surface area (Å²) < 4.78 is 4.15. The van der Waals surface area contributed by atoms with E-state index < -0.39 is 0 Å². The molecule has 5 aromatic carbocycles. The van der Waals surface area contributed by atoms with Crippen LogP contribution in [0, 0.1) is 48.4 Å². The molecular weight excluding hydrogens is 992 g/mol. The maximum atomic E-state index is 5.86. The molecule has 0 aliphatic rings. The molecule has 0 radical (unpaired) electrons. The van der Waals surface area contributed by atoms with Crippen molar-refractivity contribution in [1.29, 1.82) is 0 Å². The van der Waals surface area contributed by atoms with Crippen LogP contribution in [0.5, 0.6) is 0 Å². The van der Waals surface area contributed by atoms with E-state index in [0.717, 1.165) is 75.5 Å². The predicted octanol–water partition coefficient (Wildman–Crippen LogP) is 8.40. The number of likely N-dealkylation sites (N-methyl/N-ethyl adjacent to an activating group) is 2. The third-order valence-electron chi connectivity index (χ3n) is 8.94. The van der Waals surface area contributed by atoms with Crippen LogP contribution in [0.15, 0.2) is 121 Å². The molecule has 0 saturated carbocycles. The molecule has 59 heavy (non-hydrogen) atoms. The zero-order chi connectivity index (χ0) is 43.2. The molecule has 0 heterocycles. The summed E-state index contributed by atoms with van der Waals surface area (Å²) in [4.78, 5) is 0. The smallest absolute Gasteiger partial charge is 0.0263 e. The number of rotatable bonds is 11. The molecule has 5 aromatic rings. The Bertz CT molecular complexity index is 2180. The lowest BCUT2D eigenvalue weighted by Gasteiger charge is -2.17. The first kappa shape index (κ1) is 49.4. The Kier molecular flexibility index (Phi) is 22.6. The van der Waals surface area contributed by atoms with E-state index in [2.05, 4.69) is 128 Å². The Morgan fingerprint density at radius 3 is 1.12 bits per heavy atom. The Morgan fingerprint density at radius 1 is 0.441 bits per heavy atom. The van der Waals surface area contributed by atoms with E-state index in [1.807, 2.05) is 93.0 Å². The van der Waals surface area contributed by atoms with E-state index in [4.69, 9.17) is 35.8 Å². The molecule has 0 atom stereocenters. The average molecular weight is 1040 g/mol. The second kappa shape index (κ2) is 27.0. The Labute approximate surface area is 385 Å². The topological polar surface area (TPSA) is 128 Å². The molecule has 0 fully saturated rings. The van der Waals surface area contributed by atoms with Crippen LogP contribution >= 0.6 is 63.7 Å². The molecule has 0 aliphatic carbocycles. The molecule has 0 amide bonds. The second-order valence-corrected chi connectivity index (χ2v) is 17.0. The number of benzene rings is 5. The minimum absolute atomic E-state index is 0.111. The number of hydrogen-bond acceptors (Lipinski definition) is 6. The van der Waals surface area contributed by atoms with Gasteiger partial charge in [-0.25, -0.2) is 0 Å². The molecule has 10 N–H and O–H groups in total. The fourth-order valence-electron chi connectivity index (χ4n) is 5.85. The Hall–Kier alpha value is -3.98. The first-order valence-electron chi connectivity index (χ1n) is 18.8. The van der Waals surface area contributed by atoms with Crippen molar-refractivity contribution in [2.24, 2.45) is 22.9 Å². The van der Waals surface area contributed by atoms with Gasteiger partial charge in [-0.05, 0) is 122 Å². The summed E-state index contributed by atoms with van der Waals surface area (Å²) >= 11 is 14.2. The van der Waals surface area contributed by atoms with Crippen molar-refractivity contribution >= 4 is 63.7 Å². The van der Waals surface area contributed by atoms with Crippen molar-refractivity contribution in [2.75, 3.05) is 53.4 Å². The zero-order valence-corrected chi connectivity index (χ0v) is 39.6. The third-order valence-corrected chi connectivity index (χ3v) is 10.8. The van der Waals surface area contributed by atoms with Crippen LogP contribution < -0.4 is 33.6 Å². The minimum Gasteiger partial charge on any atom is -0.330 e.